The highest BCUT2D eigenvalue weighted by Crippen LogP contribution is 2.30. The van der Waals surface area contributed by atoms with Crippen LogP contribution in [0, 0.1) is 0 Å². The molecule has 0 saturated carbocycles. The second kappa shape index (κ2) is 10.4. The topological polar surface area (TPSA) is 111 Å². The van der Waals surface area contributed by atoms with Gasteiger partial charge in [0.05, 0.1) is 0 Å². The predicted molar refractivity (Wildman–Crippen MR) is 131 cm³/mol. The summed E-state index contributed by atoms with van der Waals surface area (Å²) in [5.41, 5.74) is 7.11. The van der Waals surface area contributed by atoms with Crippen LogP contribution in [-0.2, 0) is 4.74 Å². The molecule has 1 unspecified atom stereocenters. The van der Waals surface area contributed by atoms with Crippen LogP contribution in [0.4, 0.5) is 16.3 Å². The lowest BCUT2D eigenvalue weighted by atomic mass is 10.1. The summed E-state index contributed by atoms with van der Waals surface area (Å²) in [6, 6.07) is 16.7. The van der Waals surface area contributed by atoms with E-state index in [1.165, 1.54) is 11.8 Å². The van der Waals surface area contributed by atoms with Crippen LogP contribution in [0.15, 0.2) is 66.0 Å². The number of hydrogen-bond acceptors (Lipinski definition) is 8. The number of rotatable bonds is 7. The van der Waals surface area contributed by atoms with Crippen molar-refractivity contribution in [3.63, 3.8) is 0 Å². The van der Waals surface area contributed by atoms with Gasteiger partial charge in [0.1, 0.15) is 23.7 Å². The fraction of sp³-hybridized carbons (Fsp3) is 0.250. The molecule has 0 radical (unpaired) electrons. The highest BCUT2D eigenvalue weighted by Gasteiger charge is 2.28. The normalized spacial score (nSPS) is 14.2. The minimum Gasteiger partial charge on any atom is -0.482 e. The molecule has 4 rings (SSSR count). The minimum atomic E-state index is -0.872. The van der Waals surface area contributed by atoms with E-state index in [0.29, 0.717) is 41.1 Å². The number of ether oxygens (including phenoxy) is 2. The lowest BCUT2D eigenvalue weighted by molar-refractivity contribution is 0.0873. The van der Waals surface area contributed by atoms with E-state index in [4.69, 9.17) is 15.2 Å². The average Bonchev–Trinajstić information content (AvgIpc) is 2.98. The Kier molecular flexibility index (Phi) is 7.17. The second-order valence-corrected chi connectivity index (χ2v) is 8.39. The lowest BCUT2D eigenvalue weighted by Crippen LogP contribution is -2.33. The number of nitrogens with two attached hydrogens (primary N) is 1. The van der Waals surface area contributed by atoms with Crippen LogP contribution in [0.2, 0.25) is 0 Å². The van der Waals surface area contributed by atoms with E-state index in [-0.39, 0.29) is 12.5 Å². The molecule has 1 aliphatic heterocycles. The van der Waals surface area contributed by atoms with Gasteiger partial charge in [-0.2, -0.15) is 0 Å². The van der Waals surface area contributed by atoms with Gasteiger partial charge in [0.25, 0.3) is 5.91 Å². The Morgan fingerprint density at radius 3 is 2.71 bits per heavy atom. The molecule has 34 heavy (non-hydrogen) atoms. The molecule has 9 nitrogen and oxygen atoms in total. The summed E-state index contributed by atoms with van der Waals surface area (Å²) < 4.78 is 11.2. The van der Waals surface area contributed by atoms with Gasteiger partial charge < -0.3 is 25.0 Å². The molecule has 2 amide bonds. The Morgan fingerprint density at radius 2 is 1.97 bits per heavy atom. The van der Waals surface area contributed by atoms with E-state index in [2.05, 4.69) is 9.97 Å². The first-order valence-corrected chi connectivity index (χ1v) is 11.9. The number of thioether (sulfide) groups is 1. The van der Waals surface area contributed by atoms with Gasteiger partial charge in [-0.1, -0.05) is 48.2 Å². The fourth-order valence-electron chi connectivity index (χ4n) is 3.66. The predicted octanol–water partition coefficient (Wildman–Crippen LogP) is 3.51. The zero-order valence-electron chi connectivity index (χ0n) is 18.9. The first-order valence-electron chi connectivity index (χ1n) is 10.6. The second-order valence-electron chi connectivity index (χ2n) is 7.62. The number of nitrogens with zero attached hydrogens (tertiary/aromatic N) is 4. The van der Waals surface area contributed by atoms with Crippen molar-refractivity contribution < 1.29 is 19.1 Å². The summed E-state index contributed by atoms with van der Waals surface area (Å²) in [7, 11) is 1.91. The number of likely N-dealkylation sites (N-methyl/N-ethyl adjacent to an activating group) is 1. The van der Waals surface area contributed by atoms with E-state index in [9.17, 15) is 9.59 Å². The SMILES string of the molecule is CSc1ncc2c(n1)N(C)CCN(c1cccc(OC(COC(N)=O)c3ccccc3)c1)C2=O. The summed E-state index contributed by atoms with van der Waals surface area (Å²) in [5, 5.41) is 0.618. The van der Waals surface area contributed by atoms with Crippen LogP contribution < -0.4 is 20.3 Å². The maximum Gasteiger partial charge on any atom is 0.404 e. The van der Waals surface area contributed by atoms with Crippen LogP contribution in [0.3, 0.4) is 0 Å². The smallest absolute Gasteiger partial charge is 0.404 e. The molecule has 10 heteroatoms. The zero-order valence-corrected chi connectivity index (χ0v) is 19.7. The highest BCUT2D eigenvalue weighted by molar-refractivity contribution is 7.98. The summed E-state index contributed by atoms with van der Waals surface area (Å²) in [5.74, 6) is 0.965. The molecule has 2 aromatic carbocycles. The Morgan fingerprint density at radius 1 is 1.18 bits per heavy atom. The molecule has 0 spiro atoms. The molecule has 2 heterocycles. The van der Waals surface area contributed by atoms with Crippen LogP contribution in [-0.4, -0.2) is 55.0 Å². The Bertz CT molecular complexity index is 1180. The van der Waals surface area contributed by atoms with Gasteiger partial charge in [-0.25, -0.2) is 14.8 Å². The highest BCUT2D eigenvalue weighted by atomic mass is 32.2. The molecule has 3 aromatic rings. The van der Waals surface area contributed by atoms with Crippen molar-refractivity contribution in [2.45, 2.75) is 11.3 Å². The molecule has 1 aliphatic rings. The Labute approximate surface area is 201 Å². The quantitative estimate of drug-likeness (QED) is 0.405. The molecule has 0 fully saturated rings. The van der Waals surface area contributed by atoms with Crippen molar-refractivity contribution in [2.75, 3.05) is 42.8 Å². The molecule has 2 N–H and O–H groups in total. The van der Waals surface area contributed by atoms with Gasteiger partial charge in [0.15, 0.2) is 11.3 Å². The molecular weight excluding hydrogens is 454 g/mol. The number of primary amides is 1. The van der Waals surface area contributed by atoms with Gasteiger partial charge in [-0.15, -0.1) is 0 Å². The first-order chi connectivity index (χ1) is 16.5. The lowest BCUT2D eigenvalue weighted by Gasteiger charge is -2.23. The van der Waals surface area contributed by atoms with E-state index in [1.54, 1.807) is 23.2 Å². The van der Waals surface area contributed by atoms with Crippen molar-refractivity contribution in [3.8, 4) is 5.75 Å². The molecular formula is C24H25N5O4S. The summed E-state index contributed by atoms with van der Waals surface area (Å²) >= 11 is 1.43. The number of benzene rings is 2. The fourth-order valence-corrected chi connectivity index (χ4v) is 4.00. The van der Waals surface area contributed by atoms with Gasteiger partial charge in [0, 0.05) is 38.1 Å². The van der Waals surface area contributed by atoms with Gasteiger partial charge in [-0.3, -0.25) is 4.79 Å². The van der Waals surface area contributed by atoms with Crippen molar-refractivity contribution in [2.24, 2.45) is 5.73 Å². The Hall–Kier alpha value is -3.79. The number of fused-ring (bicyclic) bond motifs is 1. The van der Waals surface area contributed by atoms with Gasteiger partial charge in [0.2, 0.25) is 0 Å². The molecule has 0 bridgehead atoms. The zero-order chi connectivity index (χ0) is 24.1. The van der Waals surface area contributed by atoms with E-state index in [0.717, 1.165) is 5.56 Å². The third-order valence-corrected chi connectivity index (χ3v) is 5.94. The van der Waals surface area contributed by atoms with Crippen LogP contribution in [0.1, 0.15) is 22.0 Å². The van der Waals surface area contributed by atoms with Crippen LogP contribution in [0.5, 0.6) is 5.75 Å². The van der Waals surface area contributed by atoms with Crippen molar-refractivity contribution in [3.05, 3.63) is 71.9 Å². The van der Waals surface area contributed by atoms with Crippen molar-refractivity contribution in [1.82, 2.24) is 9.97 Å². The molecule has 0 saturated heterocycles. The number of carbonyl (C=O) groups is 2. The van der Waals surface area contributed by atoms with E-state index < -0.39 is 12.2 Å². The van der Waals surface area contributed by atoms with Crippen LogP contribution in [0.25, 0.3) is 0 Å². The monoisotopic (exact) mass is 479 g/mol. The standard InChI is InChI=1S/C24H25N5O4S/c1-28-11-12-29(22(30)19-14-26-24(34-2)27-21(19)28)17-9-6-10-18(13-17)33-20(15-32-23(25)31)16-7-4-3-5-8-16/h3-10,13-14,20H,11-12,15H2,1-2H3,(H2,25,31). The third kappa shape index (κ3) is 5.23. The molecule has 176 valence electrons. The number of aromatic nitrogens is 2. The third-order valence-electron chi connectivity index (χ3n) is 5.38. The number of carbonyl (C=O) groups excluding carboxylic acids is 2. The molecule has 0 aliphatic carbocycles. The molecule has 1 aromatic heterocycles. The first kappa shape index (κ1) is 23.4. The average molecular weight is 480 g/mol. The van der Waals surface area contributed by atoms with Gasteiger partial charge >= 0.3 is 6.09 Å². The minimum absolute atomic E-state index is 0.0422. The van der Waals surface area contributed by atoms with Crippen molar-refractivity contribution >= 4 is 35.3 Å². The van der Waals surface area contributed by atoms with Crippen molar-refractivity contribution in [1.29, 1.82) is 0 Å². The Balaban J connectivity index is 1.61. The summed E-state index contributed by atoms with van der Waals surface area (Å²) in [4.78, 5) is 37.1. The maximum absolute atomic E-state index is 13.4. The number of hydrogen-bond donors (Lipinski definition) is 1. The summed E-state index contributed by atoms with van der Waals surface area (Å²) in [6.45, 7) is 1.03. The molecule has 1 atom stereocenters. The van der Waals surface area contributed by atoms with E-state index >= 15 is 0 Å². The summed E-state index contributed by atoms with van der Waals surface area (Å²) in [6.07, 6.45) is 2.05. The van der Waals surface area contributed by atoms with E-state index in [1.807, 2.05) is 60.7 Å². The number of amides is 2. The number of anilines is 2. The van der Waals surface area contributed by atoms with Crippen LogP contribution >= 0.6 is 11.8 Å². The van der Waals surface area contributed by atoms with Gasteiger partial charge in [-0.05, 0) is 24.0 Å². The maximum atomic E-state index is 13.4. The largest absolute Gasteiger partial charge is 0.482 e.